The number of allylic oxidation sites excluding steroid dienone is 1. The van der Waals surface area contributed by atoms with Gasteiger partial charge in [0.25, 0.3) is 0 Å². The van der Waals surface area contributed by atoms with E-state index in [1.807, 2.05) is 47.6 Å². The van der Waals surface area contributed by atoms with Crippen molar-refractivity contribution in [3.8, 4) is 0 Å². The average molecular weight is 561 g/mol. The zero-order chi connectivity index (χ0) is 29.3. The predicted octanol–water partition coefficient (Wildman–Crippen LogP) is 5.45. The first kappa shape index (κ1) is 29.3. The van der Waals surface area contributed by atoms with Crippen molar-refractivity contribution in [3.63, 3.8) is 0 Å². The molecule has 0 aromatic heterocycles. The van der Waals surface area contributed by atoms with Gasteiger partial charge in [-0.05, 0) is 129 Å². The topological polar surface area (TPSA) is 94.5 Å². The number of rotatable bonds is 4. The Kier molecular flexibility index (Phi) is 6.31. The van der Waals surface area contributed by atoms with Crippen LogP contribution >= 0.6 is 0 Å². The molecule has 0 bridgehead atoms. The van der Waals surface area contributed by atoms with E-state index in [4.69, 9.17) is 18.9 Å². The minimum Gasteiger partial charge on any atom is -0.390 e. The minimum atomic E-state index is -1.08. The third-order valence-electron chi connectivity index (χ3n) is 12.2. The molecule has 0 radical (unpaired) electrons. The van der Waals surface area contributed by atoms with Gasteiger partial charge in [-0.25, -0.2) is 0 Å². The first-order valence-electron chi connectivity index (χ1n) is 15.7. The maximum absolute atomic E-state index is 13.8. The third-order valence-corrected chi connectivity index (χ3v) is 12.2. The van der Waals surface area contributed by atoms with Crippen molar-refractivity contribution in [2.75, 3.05) is 0 Å². The number of hydrogen-bond acceptors (Lipinski definition) is 7. The molecule has 7 nitrogen and oxygen atoms in total. The van der Waals surface area contributed by atoms with Crippen LogP contribution in [-0.4, -0.2) is 62.7 Å². The molecular formula is C33H52O7. The van der Waals surface area contributed by atoms with Crippen LogP contribution in [0.4, 0.5) is 0 Å². The highest BCUT2D eigenvalue weighted by atomic mass is 16.8. The lowest BCUT2D eigenvalue weighted by Crippen LogP contribution is -2.62. The van der Waals surface area contributed by atoms with Gasteiger partial charge in [-0.2, -0.15) is 0 Å². The largest absolute Gasteiger partial charge is 0.390 e. The lowest BCUT2D eigenvalue weighted by atomic mass is 9.45. The summed E-state index contributed by atoms with van der Waals surface area (Å²) >= 11 is 0. The van der Waals surface area contributed by atoms with Crippen molar-refractivity contribution < 1.29 is 34.0 Å². The Morgan fingerprint density at radius 2 is 1.60 bits per heavy atom. The molecular weight excluding hydrogens is 508 g/mol. The van der Waals surface area contributed by atoms with Gasteiger partial charge in [0.1, 0.15) is 0 Å². The van der Waals surface area contributed by atoms with E-state index < -0.39 is 33.8 Å². The molecule has 6 aliphatic rings. The summed E-state index contributed by atoms with van der Waals surface area (Å²) in [6.45, 7) is 18.2. The average Bonchev–Trinajstić information content (AvgIpc) is 3.34. The zero-order valence-electron chi connectivity index (χ0n) is 26.1. The molecule has 0 spiro atoms. The highest BCUT2D eigenvalue weighted by molar-refractivity contribution is 5.95. The van der Waals surface area contributed by atoms with Crippen molar-refractivity contribution in [3.05, 3.63) is 11.6 Å². The Hall–Kier alpha value is -0.830. The summed E-state index contributed by atoms with van der Waals surface area (Å²) in [5.74, 6) is -1.17. The monoisotopic (exact) mass is 560 g/mol. The highest BCUT2D eigenvalue weighted by Crippen LogP contribution is 2.70. The Bertz CT molecular complexity index is 1100. The molecule has 5 fully saturated rings. The predicted molar refractivity (Wildman–Crippen MR) is 150 cm³/mol. The number of ketones is 1. The van der Waals surface area contributed by atoms with Crippen LogP contribution in [0.3, 0.4) is 0 Å². The maximum atomic E-state index is 13.8. The summed E-state index contributed by atoms with van der Waals surface area (Å²) in [6.07, 6.45) is 7.51. The van der Waals surface area contributed by atoms with Gasteiger partial charge in [-0.1, -0.05) is 13.8 Å². The van der Waals surface area contributed by atoms with Gasteiger partial charge < -0.3 is 29.2 Å². The van der Waals surface area contributed by atoms with E-state index in [0.29, 0.717) is 25.7 Å². The number of aliphatic hydroxyl groups is 2. The molecule has 0 aromatic carbocycles. The van der Waals surface area contributed by atoms with E-state index in [9.17, 15) is 15.0 Å². The molecule has 10 atom stereocenters. The van der Waals surface area contributed by atoms with Gasteiger partial charge in [0.2, 0.25) is 0 Å². The summed E-state index contributed by atoms with van der Waals surface area (Å²) in [4.78, 5) is 13.8. The Balaban J connectivity index is 1.33. The third kappa shape index (κ3) is 4.16. The van der Waals surface area contributed by atoms with E-state index >= 15 is 0 Å². The van der Waals surface area contributed by atoms with Gasteiger partial charge in [-0.3, -0.25) is 4.79 Å². The number of ether oxygens (including phenoxy) is 4. The second-order valence-corrected chi connectivity index (χ2v) is 16.3. The molecule has 4 aliphatic carbocycles. The fourth-order valence-electron chi connectivity index (χ4n) is 10.5. The molecule has 226 valence electrons. The van der Waals surface area contributed by atoms with E-state index in [-0.39, 0.29) is 47.3 Å². The molecule has 2 saturated heterocycles. The van der Waals surface area contributed by atoms with Gasteiger partial charge >= 0.3 is 0 Å². The summed E-state index contributed by atoms with van der Waals surface area (Å²) in [7, 11) is 0. The number of hydrogen-bond donors (Lipinski definition) is 2. The molecule has 0 aromatic rings. The quantitative estimate of drug-likeness (QED) is 0.472. The lowest BCUT2D eigenvalue weighted by molar-refractivity contribution is -0.190. The van der Waals surface area contributed by atoms with Crippen molar-refractivity contribution >= 4 is 5.78 Å². The van der Waals surface area contributed by atoms with Crippen LogP contribution in [0, 0.1) is 28.6 Å². The zero-order valence-corrected chi connectivity index (χ0v) is 26.1. The van der Waals surface area contributed by atoms with Crippen molar-refractivity contribution in [1.82, 2.24) is 0 Å². The van der Waals surface area contributed by atoms with Crippen LogP contribution in [0.1, 0.15) is 114 Å². The molecule has 40 heavy (non-hydrogen) atoms. The van der Waals surface area contributed by atoms with Crippen LogP contribution in [-0.2, 0) is 23.7 Å². The normalized spacial score (nSPS) is 51.1. The van der Waals surface area contributed by atoms with Crippen LogP contribution < -0.4 is 0 Å². The van der Waals surface area contributed by atoms with Gasteiger partial charge in [-0.15, -0.1) is 0 Å². The molecule has 3 saturated carbocycles. The van der Waals surface area contributed by atoms with E-state index in [0.717, 1.165) is 31.3 Å². The second-order valence-electron chi connectivity index (χ2n) is 16.3. The standard InChI is InChI=1S/C33H52O7/c1-27(2,35)13-12-26-32(9,40-29(5,6)39-26)25-11-15-33(36)20-16-22(34)21-17-23-24(38-28(3,4)37-23)18-30(21,7)19(20)10-14-31(25,33)8/h16,19,21,23-26,35-36H,10-15,17-18H2,1-9H3/t19-,21-,23+,24-,25-,26+,30+,31-,32+,33+/m0/s1. The molecule has 6 rings (SSSR count). The van der Waals surface area contributed by atoms with Crippen molar-refractivity contribution in [2.24, 2.45) is 28.6 Å². The Morgan fingerprint density at radius 3 is 2.27 bits per heavy atom. The smallest absolute Gasteiger partial charge is 0.164 e. The van der Waals surface area contributed by atoms with Gasteiger partial charge in [0.05, 0.1) is 35.1 Å². The van der Waals surface area contributed by atoms with Gasteiger partial charge in [0.15, 0.2) is 17.4 Å². The van der Waals surface area contributed by atoms with E-state index in [1.54, 1.807) is 0 Å². The van der Waals surface area contributed by atoms with Crippen molar-refractivity contribution in [2.45, 2.75) is 160 Å². The second kappa shape index (κ2) is 8.63. The summed E-state index contributed by atoms with van der Waals surface area (Å²) < 4.78 is 25.8. The number of carbonyl (C=O) groups is 1. The first-order valence-corrected chi connectivity index (χ1v) is 15.7. The van der Waals surface area contributed by atoms with Crippen LogP contribution in [0.2, 0.25) is 0 Å². The highest BCUT2D eigenvalue weighted by Gasteiger charge is 2.71. The molecule has 2 N–H and O–H groups in total. The lowest BCUT2D eigenvalue weighted by Gasteiger charge is -2.60. The summed E-state index contributed by atoms with van der Waals surface area (Å²) in [5, 5.41) is 23.3. The van der Waals surface area contributed by atoms with Crippen LogP contribution in [0.5, 0.6) is 0 Å². The van der Waals surface area contributed by atoms with Crippen LogP contribution in [0.25, 0.3) is 0 Å². The Labute approximate surface area is 240 Å². The fraction of sp³-hybridized carbons (Fsp3) is 0.909. The van der Waals surface area contributed by atoms with E-state index in [2.05, 4.69) is 20.8 Å². The summed E-state index contributed by atoms with van der Waals surface area (Å²) in [6, 6.07) is 0. The molecule has 2 heterocycles. The number of carbonyl (C=O) groups excluding carboxylic acids is 1. The first-order chi connectivity index (χ1) is 18.2. The fourth-order valence-corrected chi connectivity index (χ4v) is 10.5. The van der Waals surface area contributed by atoms with E-state index in [1.165, 1.54) is 0 Å². The molecule has 7 heteroatoms. The van der Waals surface area contributed by atoms with Crippen molar-refractivity contribution in [1.29, 1.82) is 0 Å². The molecule has 0 amide bonds. The molecule has 2 aliphatic heterocycles. The Morgan fingerprint density at radius 1 is 0.925 bits per heavy atom. The van der Waals surface area contributed by atoms with Crippen LogP contribution in [0.15, 0.2) is 11.6 Å². The van der Waals surface area contributed by atoms with Gasteiger partial charge in [0, 0.05) is 11.3 Å². The SMILES string of the molecule is CC(C)(O)CC[C@H]1OC(C)(C)O[C@]1(C)[C@H]1CC[C@@]2(O)C3=CC(=O)[C@@H]4C[C@H]5OC(C)(C)O[C@H]5C[C@]4(C)[C@H]3CC[C@@]12C. The summed E-state index contributed by atoms with van der Waals surface area (Å²) in [5.41, 5.74) is -2.28. The minimum absolute atomic E-state index is 0.0237. The number of fused-ring (bicyclic) bond motifs is 6. The molecule has 0 unspecified atom stereocenters. The maximum Gasteiger partial charge on any atom is 0.164 e.